The van der Waals surface area contributed by atoms with Crippen molar-refractivity contribution in [3.8, 4) is 0 Å². The van der Waals surface area contributed by atoms with Gasteiger partial charge in [0.2, 0.25) is 0 Å². The van der Waals surface area contributed by atoms with Gasteiger partial charge in [-0.15, -0.1) is 0 Å². The third-order valence-electron chi connectivity index (χ3n) is 2.97. The fourth-order valence-electron chi connectivity index (χ4n) is 1.86. The van der Waals surface area contributed by atoms with E-state index in [1.54, 1.807) is 57.2 Å². The molecule has 0 aromatic rings. The van der Waals surface area contributed by atoms with E-state index >= 15 is 0 Å². The largest absolute Gasteiger partial charge is 0.480 e. The van der Waals surface area contributed by atoms with Gasteiger partial charge < -0.3 is 20.5 Å². The molecular formula is C18H24N2O5. The minimum atomic E-state index is -1.20. The van der Waals surface area contributed by atoms with Crippen molar-refractivity contribution in [2.45, 2.75) is 38.8 Å². The Hall–Kier alpha value is -2.83. The summed E-state index contributed by atoms with van der Waals surface area (Å²) < 4.78 is 5.03. The lowest BCUT2D eigenvalue weighted by molar-refractivity contribution is -0.139. The van der Waals surface area contributed by atoms with Gasteiger partial charge >= 0.3 is 12.1 Å². The summed E-state index contributed by atoms with van der Waals surface area (Å²) in [4.78, 5) is 35.0. The van der Waals surface area contributed by atoms with E-state index in [1.165, 1.54) is 0 Å². The quantitative estimate of drug-likeness (QED) is 0.682. The lowest BCUT2D eigenvalue weighted by Gasteiger charge is -2.22. The SMILES string of the molecule is CC(C)(C)OC(=O)NC(CCNC(=O)C1=C/C=C\C=C/C=C1)C(=O)O. The first-order valence-corrected chi connectivity index (χ1v) is 7.91. The molecule has 0 aromatic heterocycles. The molecule has 0 saturated carbocycles. The van der Waals surface area contributed by atoms with Crippen LogP contribution < -0.4 is 10.6 Å². The van der Waals surface area contributed by atoms with E-state index in [9.17, 15) is 19.5 Å². The molecule has 0 saturated heterocycles. The molecule has 1 unspecified atom stereocenters. The van der Waals surface area contributed by atoms with Crippen molar-refractivity contribution >= 4 is 18.0 Å². The predicted octanol–water partition coefficient (Wildman–Crippen LogP) is 2.08. The van der Waals surface area contributed by atoms with Gasteiger partial charge in [0.15, 0.2) is 0 Å². The summed E-state index contributed by atoms with van der Waals surface area (Å²) in [6.45, 7) is 5.14. The summed E-state index contributed by atoms with van der Waals surface area (Å²) in [6.07, 6.45) is 11.4. The maximum atomic E-state index is 12.1. The first-order valence-electron chi connectivity index (χ1n) is 7.91. The Labute approximate surface area is 147 Å². The molecule has 1 aliphatic carbocycles. The van der Waals surface area contributed by atoms with E-state index in [1.807, 2.05) is 6.08 Å². The molecule has 1 aliphatic rings. The highest BCUT2D eigenvalue weighted by Crippen LogP contribution is 2.07. The zero-order chi connectivity index (χ0) is 18.9. The van der Waals surface area contributed by atoms with Gasteiger partial charge in [-0.3, -0.25) is 4.79 Å². The van der Waals surface area contributed by atoms with Crippen LogP contribution in [-0.2, 0) is 14.3 Å². The number of amides is 2. The molecule has 0 heterocycles. The first kappa shape index (κ1) is 20.2. The molecule has 0 spiro atoms. The number of hydrogen-bond acceptors (Lipinski definition) is 4. The molecule has 0 bridgehead atoms. The molecule has 0 fully saturated rings. The Balaban J connectivity index is 2.51. The maximum Gasteiger partial charge on any atom is 0.408 e. The van der Waals surface area contributed by atoms with Crippen molar-refractivity contribution in [3.05, 3.63) is 48.1 Å². The van der Waals surface area contributed by atoms with Crippen LogP contribution in [0.25, 0.3) is 0 Å². The van der Waals surface area contributed by atoms with E-state index in [2.05, 4.69) is 10.6 Å². The van der Waals surface area contributed by atoms with Gasteiger partial charge in [0.25, 0.3) is 5.91 Å². The summed E-state index contributed by atoms with van der Waals surface area (Å²) in [5, 5.41) is 14.1. The highest BCUT2D eigenvalue weighted by atomic mass is 16.6. The molecule has 0 aromatic carbocycles. The molecule has 1 atom stereocenters. The van der Waals surface area contributed by atoms with Crippen LogP contribution in [0.4, 0.5) is 4.79 Å². The van der Waals surface area contributed by atoms with Crippen molar-refractivity contribution in [3.63, 3.8) is 0 Å². The average Bonchev–Trinajstić information content (AvgIpc) is 2.43. The number of ether oxygens (including phenoxy) is 1. The summed E-state index contributed by atoms with van der Waals surface area (Å²) in [7, 11) is 0. The van der Waals surface area contributed by atoms with E-state index < -0.39 is 23.7 Å². The van der Waals surface area contributed by atoms with E-state index in [-0.39, 0.29) is 18.9 Å². The second-order valence-electron chi connectivity index (χ2n) is 6.33. The zero-order valence-corrected chi connectivity index (χ0v) is 14.6. The third-order valence-corrected chi connectivity index (χ3v) is 2.97. The van der Waals surface area contributed by atoms with Crippen molar-refractivity contribution in [2.24, 2.45) is 0 Å². The number of carbonyl (C=O) groups excluding carboxylic acids is 2. The van der Waals surface area contributed by atoms with E-state index in [0.717, 1.165) is 0 Å². The molecule has 1 rings (SSSR count). The third kappa shape index (κ3) is 8.55. The number of carbonyl (C=O) groups is 3. The lowest BCUT2D eigenvalue weighted by Crippen LogP contribution is -2.45. The second kappa shape index (κ2) is 9.46. The number of allylic oxidation sites excluding steroid dienone is 6. The lowest BCUT2D eigenvalue weighted by atomic mass is 10.1. The average molecular weight is 348 g/mol. The molecule has 0 aliphatic heterocycles. The Bertz CT molecular complexity index is 624. The number of carboxylic acids is 1. The molecule has 2 amide bonds. The Kier molecular flexibility index (Phi) is 7.65. The van der Waals surface area contributed by atoms with E-state index in [0.29, 0.717) is 5.57 Å². The van der Waals surface area contributed by atoms with Crippen molar-refractivity contribution < 1.29 is 24.2 Å². The number of nitrogens with one attached hydrogen (secondary N) is 2. The van der Waals surface area contributed by atoms with Crippen LogP contribution in [0.3, 0.4) is 0 Å². The van der Waals surface area contributed by atoms with Gasteiger partial charge in [0, 0.05) is 12.1 Å². The minimum absolute atomic E-state index is 0.0348. The van der Waals surface area contributed by atoms with Crippen LogP contribution in [0.2, 0.25) is 0 Å². The van der Waals surface area contributed by atoms with Crippen LogP contribution >= 0.6 is 0 Å². The molecule has 7 heteroatoms. The maximum absolute atomic E-state index is 12.1. The van der Waals surface area contributed by atoms with Crippen LogP contribution in [0, 0.1) is 0 Å². The molecule has 25 heavy (non-hydrogen) atoms. The number of carboxylic acid groups (broad SMARTS) is 1. The molecule has 136 valence electrons. The standard InChI is InChI=1S/C18H24N2O5/c1-18(2,3)25-17(24)20-14(16(22)23)11-12-19-15(21)13-9-7-5-4-6-8-10-13/h4-10,14H,11-12H2,1-3H3,(H,19,21)(H,20,24)(H,22,23)/b5-4-,6-4?,7-5?,8-6-,9-7?,10-8?,13-9?,13-10?. The number of hydrogen-bond donors (Lipinski definition) is 3. The number of rotatable bonds is 6. The summed E-state index contributed by atoms with van der Waals surface area (Å²) >= 11 is 0. The number of aliphatic carboxylic acids is 1. The Morgan fingerprint density at radius 2 is 1.76 bits per heavy atom. The van der Waals surface area contributed by atoms with Gasteiger partial charge in [-0.2, -0.15) is 0 Å². The highest BCUT2D eigenvalue weighted by molar-refractivity contribution is 5.96. The molecule has 7 nitrogen and oxygen atoms in total. The van der Waals surface area contributed by atoms with Gasteiger partial charge in [-0.1, -0.05) is 30.4 Å². The van der Waals surface area contributed by atoms with Gasteiger partial charge in [0.05, 0.1) is 0 Å². The summed E-state index contributed by atoms with van der Waals surface area (Å²) in [5.74, 6) is -1.52. The molecule has 3 N–H and O–H groups in total. The second-order valence-corrected chi connectivity index (χ2v) is 6.33. The van der Waals surface area contributed by atoms with Crippen molar-refractivity contribution in [1.29, 1.82) is 0 Å². The van der Waals surface area contributed by atoms with Gasteiger partial charge in [-0.05, 0) is 39.3 Å². The van der Waals surface area contributed by atoms with Crippen LogP contribution in [0.15, 0.2) is 48.1 Å². The monoisotopic (exact) mass is 348 g/mol. The fraction of sp³-hybridized carbons (Fsp3) is 0.389. The van der Waals surface area contributed by atoms with Crippen LogP contribution in [0.5, 0.6) is 0 Å². The smallest absolute Gasteiger partial charge is 0.408 e. The zero-order valence-electron chi connectivity index (χ0n) is 14.6. The van der Waals surface area contributed by atoms with Crippen molar-refractivity contribution in [1.82, 2.24) is 10.6 Å². The van der Waals surface area contributed by atoms with Gasteiger partial charge in [-0.25, -0.2) is 9.59 Å². The molecule has 0 radical (unpaired) electrons. The predicted molar refractivity (Wildman–Crippen MR) is 93.9 cm³/mol. The minimum Gasteiger partial charge on any atom is -0.480 e. The van der Waals surface area contributed by atoms with Crippen LogP contribution in [-0.4, -0.2) is 41.3 Å². The van der Waals surface area contributed by atoms with Crippen LogP contribution in [0.1, 0.15) is 27.2 Å². The fourth-order valence-corrected chi connectivity index (χ4v) is 1.86. The van der Waals surface area contributed by atoms with Gasteiger partial charge in [0.1, 0.15) is 11.6 Å². The Morgan fingerprint density at radius 1 is 1.12 bits per heavy atom. The summed E-state index contributed by atoms with van der Waals surface area (Å²) in [6, 6.07) is -1.15. The Morgan fingerprint density at radius 3 is 2.40 bits per heavy atom. The topological polar surface area (TPSA) is 105 Å². The molecular weight excluding hydrogens is 324 g/mol. The summed E-state index contributed by atoms with van der Waals surface area (Å²) in [5.41, 5.74) is -0.270. The number of alkyl carbamates (subject to hydrolysis) is 1. The van der Waals surface area contributed by atoms with Crippen molar-refractivity contribution in [2.75, 3.05) is 6.54 Å². The highest BCUT2D eigenvalue weighted by Gasteiger charge is 2.23. The van der Waals surface area contributed by atoms with E-state index in [4.69, 9.17) is 4.74 Å². The first-order chi connectivity index (χ1) is 11.7. The normalized spacial score (nSPS) is 17.3.